The van der Waals surface area contributed by atoms with Gasteiger partial charge in [-0.1, -0.05) is 25.5 Å². The molecule has 24 heavy (non-hydrogen) atoms. The second kappa shape index (κ2) is 6.60. The molecule has 7 heteroatoms. The number of hydrogen-bond acceptors (Lipinski definition) is 4. The number of imidazole rings is 1. The summed E-state index contributed by atoms with van der Waals surface area (Å²) in [7, 11) is -3.32. The maximum Gasteiger partial charge on any atom is 0.234 e. The molecule has 0 unspecified atom stereocenters. The normalized spacial score (nSPS) is 11.8. The van der Waals surface area contributed by atoms with Crippen LogP contribution < -0.4 is 4.72 Å². The number of anilines is 1. The lowest BCUT2D eigenvalue weighted by atomic mass is 10.1. The molecule has 3 rings (SSSR count). The Labute approximate surface area is 141 Å². The standard InChI is InChI=1S/C17H20N4O2S/c1-3-4-11-24(22,23)20-15-8-5-7-14(12-15)16-13(2)21-10-6-9-18-17(21)19-16/h5-10,12,20H,3-4,11H2,1-2H3. The molecule has 126 valence electrons. The third-order valence-electron chi connectivity index (χ3n) is 3.82. The molecule has 0 spiro atoms. The summed E-state index contributed by atoms with van der Waals surface area (Å²) in [6, 6.07) is 9.14. The SMILES string of the molecule is CCCCS(=O)(=O)Nc1cccc(-c2nc3ncccn3c2C)c1. The number of benzene rings is 1. The van der Waals surface area contributed by atoms with E-state index in [1.807, 2.05) is 42.6 Å². The van der Waals surface area contributed by atoms with Crippen molar-refractivity contribution in [2.24, 2.45) is 0 Å². The molecular formula is C17H20N4O2S. The van der Waals surface area contributed by atoms with Crippen LogP contribution >= 0.6 is 0 Å². The van der Waals surface area contributed by atoms with E-state index in [-0.39, 0.29) is 5.75 Å². The van der Waals surface area contributed by atoms with Crippen LogP contribution in [0.15, 0.2) is 42.7 Å². The van der Waals surface area contributed by atoms with E-state index in [1.165, 1.54) is 0 Å². The van der Waals surface area contributed by atoms with Gasteiger partial charge in [-0.25, -0.2) is 18.4 Å². The van der Waals surface area contributed by atoms with Crippen LogP contribution in [0.4, 0.5) is 5.69 Å². The predicted molar refractivity (Wildman–Crippen MR) is 95.5 cm³/mol. The Balaban J connectivity index is 1.94. The minimum atomic E-state index is -3.32. The van der Waals surface area contributed by atoms with Gasteiger partial charge in [0.25, 0.3) is 0 Å². The fourth-order valence-electron chi connectivity index (χ4n) is 2.57. The van der Waals surface area contributed by atoms with Crippen LogP contribution in [0.5, 0.6) is 0 Å². The largest absolute Gasteiger partial charge is 0.288 e. The Morgan fingerprint density at radius 3 is 2.83 bits per heavy atom. The van der Waals surface area contributed by atoms with E-state index in [1.54, 1.807) is 18.3 Å². The summed E-state index contributed by atoms with van der Waals surface area (Å²) in [6.07, 6.45) is 5.09. The fraction of sp³-hybridized carbons (Fsp3) is 0.294. The second-order valence-corrected chi connectivity index (χ2v) is 7.53. The quantitative estimate of drug-likeness (QED) is 0.745. The Morgan fingerprint density at radius 2 is 2.08 bits per heavy atom. The maximum atomic E-state index is 12.1. The average Bonchev–Trinajstić information content (AvgIpc) is 2.90. The number of nitrogens with zero attached hydrogens (tertiary/aromatic N) is 3. The molecule has 0 fully saturated rings. The first-order valence-electron chi connectivity index (χ1n) is 7.91. The summed E-state index contributed by atoms with van der Waals surface area (Å²) in [4.78, 5) is 8.79. The monoisotopic (exact) mass is 344 g/mol. The van der Waals surface area contributed by atoms with Crippen LogP contribution in [0.25, 0.3) is 17.0 Å². The lowest BCUT2D eigenvalue weighted by Crippen LogP contribution is -2.16. The molecule has 0 atom stereocenters. The molecule has 0 aliphatic heterocycles. The lowest BCUT2D eigenvalue weighted by Gasteiger charge is -2.09. The summed E-state index contributed by atoms with van der Waals surface area (Å²) >= 11 is 0. The van der Waals surface area contributed by atoms with Crippen LogP contribution in [-0.2, 0) is 10.0 Å². The number of nitrogens with one attached hydrogen (secondary N) is 1. The second-order valence-electron chi connectivity index (χ2n) is 5.69. The first-order chi connectivity index (χ1) is 11.5. The molecule has 0 saturated carbocycles. The molecule has 0 aliphatic carbocycles. The number of fused-ring (bicyclic) bond motifs is 1. The van der Waals surface area contributed by atoms with Crippen molar-refractivity contribution in [3.8, 4) is 11.3 Å². The number of rotatable bonds is 6. The van der Waals surface area contributed by atoms with Crippen LogP contribution in [0.3, 0.4) is 0 Å². The third kappa shape index (κ3) is 3.41. The Morgan fingerprint density at radius 1 is 1.25 bits per heavy atom. The number of hydrogen-bond donors (Lipinski definition) is 1. The number of aryl methyl sites for hydroxylation is 1. The zero-order valence-corrected chi connectivity index (χ0v) is 14.5. The van der Waals surface area contributed by atoms with E-state index in [2.05, 4.69) is 14.7 Å². The maximum absolute atomic E-state index is 12.1. The van der Waals surface area contributed by atoms with Crippen molar-refractivity contribution < 1.29 is 8.42 Å². The molecule has 1 N–H and O–H groups in total. The van der Waals surface area contributed by atoms with Gasteiger partial charge in [-0.2, -0.15) is 0 Å². The van der Waals surface area contributed by atoms with Crippen LogP contribution in [0.2, 0.25) is 0 Å². The Hall–Kier alpha value is -2.41. The minimum Gasteiger partial charge on any atom is -0.288 e. The zero-order valence-electron chi connectivity index (χ0n) is 13.7. The fourth-order valence-corrected chi connectivity index (χ4v) is 3.83. The van der Waals surface area contributed by atoms with Gasteiger partial charge in [-0.15, -0.1) is 0 Å². The topological polar surface area (TPSA) is 76.4 Å². The van der Waals surface area contributed by atoms with Crippen molar-refractivity contribution in [2.75, 3.05) is 10.5 Å². The minimum absolute atomic E-state index is 0.130. The van der Waals surface area contributed by atoms with E-state index in [4.69, 9.17) is 0 Å². The highest BCUT2D eigenvalue weighted by Gasteiger charge is 2.13. The summed E-state index contributed by atoms with van der Waals surface area (Å²) in [5.74, 6) is 0.754. The smallest absolute Gasteiger partial charge is 0.234 e. The van der Waals surface area contributed by atoms with Gasteiger partial charge in [-0.05, 0) is 31.5 Å². The van der Waals surface area contributed by atoms with Gasteiger partial charge in [-0.3, -0.25) is 9.12 Å². The molecule has 2 heterocycles. The van der Waals surface area contributed by atoms with Gasteiger partial charge >= 0.3 is 0 Å². The summed E-state index contributed by atoms with van der Waals surface area (Å²) < 4.78 is 28.7. The molecule has 6 nitrogen and oxygen atoms in total. The first-order valence-corrected chi connectivity index (χ1v) is 9.56. The zero-order chi connectivity index (χ0) is 17.2. The molecule has 0 saturated heterocycles. The summed E-state index contributed by atoms with van der Waals surface area (Å²) in [6.45, 7) is 3.94. The van der Waals surface area contributed by atoms with E-state index in [9.17, 15) is 8.42 Å². The van der Waals surface area contributed by atoms with Crippen LogP contribution in [0, 0.1) is 6.92 Å². The van der Waals surface area contributed by atoms with Crippen molar-refractivity contribution in [3.05, 3.63) is 48.4 Å². The average molecular weight is 344 g/mol. The van der Waals surface area contributed by atoms with Gasteiger partial charge in [0.15, 0.2) is 0 Å². The van der Waals surface area contributed by atoms with Crippen molar-refractivity contribution in [2.45, 2.75) is 26.7 Å². The number of sulfonamides is 1. The summed E-state index contributed by atoms with van der Waals surface area (Å²) in [5.41, 5.74) is 3.16. The van der Waals surface area contributed by atoms with E-state index < -0.39 is 10.0 Å². The van der Waals surface area contributed by atoms with Crippen molar-refractivity contribution in [1.29, 1.82) is 0 Å². The predicted octanol–water partition coefficient (Wildman–Crippen LogP) is 3.25. The lowest BCUT2D eigenvalue weighted by molar-refractivity contribution is 0.598. The van der Waals surface area contributed by atoms with Gasteiger partial charge < -0.3 is 0 Å². The number of aromatic nitrogens is 3. The molecule has 0 amide bonds. The molecule has 3 aromatic rings. The first kappa shape index (κ1) is 16.4. The Bertz CT molecular complexity index is 964. The highest BCUT2D eigenvalue weighted by molar-refractivity contribution is 7.92. The molecule has 0 aliphatic rings. The van der Waals surface area contributed by atoms with E-state index in [0.717, 1.165) is 23.4 Å². The van der Waals surface area contributed by atoms with E-state index in [0.29, 0.717) is 17.9 Å². The van der Waals surface area contributed by atoms with E-state index >= 15 is 0 Å². The molecule has 0 bridgehead atoms. The highest BCUT2D eigenvalue weighted by Crippen LogP contribution is 2.26. The highest BCUT2D eigenvalue weighted by atomic mass is 32.2. The van der Waals surface area contributed by atoms with Crippen molar-refractivity contribution in [3.63, 3.8) is 0 Å². The van der Waals surface area contributed by atoms with Crippen molar-refractivity contribution in [1.82, 2.24) is 14.4 Å². The van der Waals surface area contributed by atoms with Gasteiger partial charge in [0, 0.05) is 29.3 Å². The summed E-state index contributed by atoms with van der Waals surface area (Å²) in [5, 5.41) is 0. The van der Waals surface area contributed by atoms with Crippen LogP contribution in [0.1, 0.15) is 25.5 Å². The molecule has 2 aromatic heterocycles. The molecule has 0 radical (unpaired) electrons. The van der Waals surface area contributed by atoms with Gasteiger partial charge in [0.2, 0.25) is 15.8 Å². The number of unbranched alkanes of at least 4 members (excludes halogenated alkanes) is 1. The van der Waals surface area contributed by atoms with Crippen molar-refractivity contribution >= 4 is 21.5 Å². The molecule has 1 aromatic carbocycles. The third-order valence-corrected chi connectivity index (χ3v) is 5.19. The molecular weight excluding hydrogens is 324 g/mol. The van der Waals surface area contributed by atoms with Crippen LogP contribution in [-0.4, -0.2) is 28.5 Å². The van der Waals surface area contributed by atoms with Gasteiger partial charge in [0.05, 0.1) is 11.4 Å². The Kier molecular flexibility index (Phi) is 4.53. The van der Waals surface area contributed by atoms with Gasteiger partial charge in [0.1, 0.15) is 0 Å².